The second-order valence-electron chi connectivity index (χ2n) is 1.20. The molecule has 5 heteroatoms. The summed E-state index contributed by atoms with van der Waals surface area (Å²) in [5.74, 6) is 0. The Bertz CT molecular complexity index is 40.4. The Morgan fingerprint density at radius 3 is 1.67 bits per heavy atom. The van der Waals surface area contributed by atoms with Crippen LogP contribution in [0, 0.1) is 0 Å². The minimum Gasteiger partial charge on any atom is -1.00 e. The molecule has 0 amide bonds. The maximum absolute atomic E-state index is 8.15. The Morgan fingerprint density at radius 2 is 1.44 bits per heavy atom. The first kappa shape index (κ1) is 16.2. The predicted octanol–water partition coefficient (Wildman–Crippen LogP) is -3.90. The molecule has 9 heavy (non-hydrogen) atoms. The van der Waals surface area contributed by atoms with E-state index in [1.807, 2.05) is 0 Å². The number of hydrogen-bond acceptors (Lipinski definition) is 3. The van der Waals surface area contributed by atoms with Gasteiger partial charge >= 0.3 is 1.43 Å². The van der Waals surface area contributed by atoms with Crippen molar-refractivity contribution in [2.24, 2.45) is 0 Å². The average Bonchev–Trinajstić information content (AvgIpc) is 1.69. The number of aliphatic hydroxyl groups is 2. The fourth-order valence-corrected chi connectivity index (χ4v) is 0.283. The van der Waals surface area contributed by atoms with Crippen molar-refractivity contribution in [2.75, 3.05) is 26.3 Å². The van der Waals surface area contributed by atoms with Crippen molar-refractivity contribution in [3.05, 3.63) is 0 Å². The number of halogens is 2. The van der Waals surface area contributed by atoms with Gasteiger partial charge in [0.15, 0.2) is 0 Å². The highest BCUT2D eigenvalue weighted by Gasteiger charge is 1.78. The molecule has 0 saturated heterocycles. The summed E-state index contributed by atoms with van der Waals surface area (Å²) in [5, 5.41) is 19.1. The lowest BCUT2D eigenvalue weighted by molar-refractivity contribution is -0.00000388. The molecule has 0 aromatic rings. The molecule has 0 aliphatic heterocycles. The van der Waals surface area contributed by atoms with E-state index in [2.05, 4.69) is 5.32 Å². The third-order valence-electron chi connectivity index (χ3n) is 0.577. The van der Waals surface area contributed by atoms with Crippen LogP contribution in [0.1, 0.15) is 1.43 Å². The molecular formula is C4H13Cl2NO2. The first-order chi connectivity index (χ1) is 3.41. The minimum absolute atomic E-state index is 0. The van der Waals surface area contributed by atoms with Crippen LogP contribution in [0.15, 0.2) is 0 Å². The van der Waals surface area contributed by atoms with E-state index in [-0.39, 0.29) is 39.5 Å². The quantitative estimate of drug-likeness (QED) is 0.386. The molecule has 0 aliphatic carbocycles. The third-order valence-corrected chi connectivity index (χ3v) is 0.577. The van der Waals surface area contributed by atoms with E-state index in [9.17, 15) is 0 Å². The molecule has 3 nitrogen and oxygen atoms in total. The summed E-state index contributed by atoms with van der Waals surface area (Å²) in [6.07, 6.45) is 0. The maximum atomic E-state index is 8.15. The van der Waals surface area contributed by atoms with E-state index in [4.69, 9.17) is 10.2 Å². The lowest BCUT2D eigenvalue weighted by Crippen LogP contribution is -3.00. The highest BCUT2D eigenvalue weighted by molar-refractivity contribution is 5.85. The van der Waals surface area contributed by atoms with Gasteiger partial charge in [0.2, 0.25) is 0 Å². The van der Waals surface area contributed by atoms with Crippen molar-refractivity contribution in [3.63, 3.8) is 0 Å². The first-order valence-corrected chi connectivity index (χ1v) is 2.34. The van der Waals surface area contributed by atoms with Gasteiger partial charge < -0.3 is 27.9 Å². The molecule has 0 bridgehead atoms. The van der Waals surface area contributed by atoms with Crippen LogP contribution >= 0.6 is 12.4 Å². The Hall–Kier alpha value is 0.460. The summed E-state index contributed by atoms with van der Waals surface area (Å²) in [7, 11) is 0. The van der Waals surface area contributed by atoms with Crippen LogP contribution in [0.4, 0.5) is 0 Å². The number of nitrogens with one attached hydrogen (secondary N) is 1. The molecule has 0 heterocycles. The van der Waals surface area contributed by atoms with Gasteiger partial charge in [0, 0.05) is 13.1 Å². The van der Waals surface area contributed by atoms with E-state index >= 15 is 0 Å². The zero-order valence-electron chi connectivity index (χ0n) is 6.01. The lowest BCUT2D eigenvalue weighted by Gasteiger charge is -1.94. The molecule has 0 radical (unpaired) electrons. The Kier molecular flexibility index (Phi) is 28.5. The summed E-state index contributed by atoms with van der Waals surface area (Å²) in [4.78, 5) is 0. The van der Waals surface area contributed by atoms with Crippen molar-refractivity contribution in [1.82, 2.24) is 5.32 Å². The van der Waals surface area contributed by atoms with Crippen LogP contribution in [0.2, 0.25) is 0 Å². The molecule has 0 aromatic heterocycles. The van der Waals surface area contributed by atoms with Crippen LogP contribution in [-0.2, 0) is 0 Å². The summed E-state index contributed by atoms with van der Waals surface area (Å²) >= 11 is 0. The standard InChI is InChI=1S/C4H11NO2.2ClH/c6-3-1-5-2-4-7;;/h5-7H,1-4H2;2*1H. The largest absolute Gasteiger partial charge is 1.00 e. The van der Waals surface area contributed by atoms with Gasteiger partial charge in [-0.3, -0.25) is 0 Å². The van der Waals surface area contributed by atoms with Crippen molar-refractivity contribution in [3.8, 4) is 0 Å². The van der Waals surface area contributed by atoms with Gasteiger partial charge in [0.05, 0.1) is 13.2 Å². The Balaban J connectivity index is -0.0000000600. The number of aliphatic hydroxyl groups excluding tert-OH is 2. The summed E-state index contributed by atoms with van der Waals surface area (Å²) in [6.45, 7) is 1.42. The second-order valence-corrected chi connectivity index (χ2v) is 1.20. The van der Waals surface area contributed by atoms with Gasteiger partial charge in [-0.25, -0.2) is 0 Å². The Morgan fingerprint density at radius 1 is 1.11 bits per heavy atom. The van der Waals surface area contributed by atoms with Gasteiger partial charge in [0.1, 0.15) is 0 Å². The fourth-order valence-electron chi connectivity index (χ4n) is 0.283. The van der Waals surface area contributed by atoms with Crippen molar-refractivity contribution in [2.45, 2.75) is 0 Å². The summed E-state index contributed by atoms with van der Waals surface area (Å²) < 4.78 is 0. The molecule has 60 valence electrons. The monoisotopic (exact) mass is 177 g/mol. The van der Waals surface area contributed by atoms with Gasteiger partial charge in [0.25, 0.3) is 0 Å². The highest BCUT2D eigenvalue weighted by atomic mass is 35.5. The molecule has 0 fully saturated rings. The predicted molar refractivity (Wildman–Crippen MR) is 35.4 cm³/mol. The van der Waals surface area contributed by atoms with Crippen LogP contribution in [0.3, 0.4) is 0 Å². The van der Waals surface area contributed by atoms with Crippen molar-refractivity contribution >= 4 is 12.4 Å². The zero-order valence-corrected chi connectivity index (χ0v) is 6.58. The van der Waals surface area contributed by atoms with E-state index in [0.717, 1.165) is 0 Å². The van der Waals surface area contributed by atoms with Crippen molar-refractivity contribution < 1.29 is 24.0 Å². The SMILES string of the molecule is Cl.OCCNCCO.[Cl-].[H+]. The minimum atomic E-state index is 0. The molecule has 3 N–H and O–H groups in total. The van der Waals surface area contributed by atoms with E-state index < -0.39 is 0 Å². The van der Waals surface area contributed by atoms with Gasteiger partial charge in [-0.05, 0) is 0 Å². The molecule has 0 atom stereocenters. The molecule has 0 saturated carbocycles. The van der Waals surface area contributed by atoms with Crippen LogP contribution < -0.4 is 17.7 Å². The van der Waals surface area contributed by atoms with Crippen LogP contribution in [-0.4, -0.2) is 36.5 Å². The summed E-state index contributed by atoms with van der Waals surface area (Å²) in [5.41, 5.74) is 0. The number of rotatable bonds is 4. The highest BCUT2D eigenvalue weighted by Crippen LogP contribution is 1.54. The van der Waals surface area contributed by atoms with E-state index in [1.165, 1.54) is 0 Å². The normalized spacial score (nSPS) is 7.33. The molecule has 0 aromatic carbocycles. The fraction of sp³-hybridized carbons (Fsp3) is 1.00. The molecule has 0 unspecified atom stereocenters. The smallest absolute Gasteiger partial charge is 1.00 e. The van der Waals surface area contributed by atoms with Crippen LogP contribution in [0.25, 0.3) is 0 Å². The average molecular weight is 178 g/mol. The second kappa shape index (κ2) is 15.8. The molecular weight excluding hydrogens is 165 g/mol. The molecule has 0 spiro atoms. The van der Waals surface area contributed by atoms with Gasteiger partial charge in [-0.15, -0.1) is 12.4 Å². The van der Waals surface area contributed by atoms with Crippen LogP contribution in [0.5, 0.6) is 0 Å². The van der Waals surface area contributed by atoms with Gasteiger partial charge in [-0.2, -0.15) is 0 Å². The van der Waals surface area contributed by atoms with E-state index in [1.54, 1.807) is 0 Å². The topological polar surface area (TPSA) is 52.5 Å². The third kappa shape index (κ3) is 17.7. The zero-order chi connectivity index (χ0) is 5.54. The number of hydrogen-bond donors (Lipinski definition) is 3. The Labute approximate surface area is 68.8 Å². The molecule has 0 aliphatic rings. The molecule has 0 rings (SSSR count). The van der Waals surface area contributed by atoms with Crippen molar-refractivity contribution in [1.29, 1.82) is 0 Å². The summed E-state index contributed by atoms with van der Waals surface area (Å²) in [6, 6.07) is 0. The lowest BCUT2D eigenvalue weighted by atomic mass is 10.6. The first-order valence-electron chi connectivity index (χ1n) is 2.34. The van der Waals surface area contributed by atoms with Gasteiger partial charge in [-0.1, -0.05) is 0 Å². The maximum Gasteiger partial charge on any atom is 1.00 e. The van der Waals surface area contributed by atoms with E-state index in [0.29, 0.717) is 13.1 Å².